The van der Waals surface area contributed by atoms with Crippen LogP contribution in [0.15, 0.2) is 52.9 Å². The summed E-state index contributed by atoms with van der Waals surface area (Å²) < 4.78 is 48.3. The van der Waals surface area contributed by atoms with E-state index in [0.717, 1.165) is 0 Å². The minimum atomic E-state index is -0.391. The van der Waals surface area contributed by atoms with E-state index >= 15 is 0 Å². The number of rotatable bonds is 7. The van der Waals surface area contributed by atoms with Crippen LogP contribution in [0, 0.1) is 11.6 Å². The number of halogens is 2. The molecule has 3 aromatic rings. The van der Waals surface area contributed by atoms with Crippen LogP contribution >= 0.6 is 0 Å². The minimum absolute atomic E-state index is 0.105. The summed E-state index contributed by atoms with van der Waals surface area (Å²) >= 11 is 0. The number of fused-ring (bicyclic) bond motifs is 1. The normalized spacial score (nSPS) is 12.7. The van der Waals surface area contributed by atoms with Gasteiger partial charge in [0.2, 0.25) is 0 Å². The Hall–Kier alpha value is -3.39. The molecule has 0 unspecified atom stereocenters. The number of ether oxygens (including phenoxy) is 3. The molecule has 1 aliphatic heterocycles. The first-order valence-corrected chi connectivity index (χ1v) is 9.35. The van der Waals surface area contributed by atoms with Crippen molar-refractivity contribution in [2.75, 3.05) is 13.3 Å². The third-order valence-electron chi connectivity index (χ3n) is 4.51. The zero-order valence-electron chi connectivity index (χ0n) is 16.0. The van der Waals surface area contributed by atoms with E-state index in [0.29, 0.717) is 41.4 Å². The Balaban J connectivity index is 1.30. The number of hydrogen-bond donors (Lipinski definition) is 1. The zero-order valence-corrected chi connectivity index (χ0v) is 16.0. The Morgan fingerprint density at radius 3 is 2.73 bits per heavy atom. The van der Waals surface area contributed by atoms with Crippen molar-refractivity contribution in [3.63, 3.8) is 0 Å². The van der Waals surface area contributed by atoms with Crippen molar-refractivity contribution in [1.29, 1.82) is 0 Å². The summed E-state index contributed by atoms with van der Waals surface area (Å²) in [4.78, 5) is 12.3. The number of amides is 1. The van der Waals surface area contributed by atoms with E-state index in [2.05, 4.69) is 5.32 Å². The molecule has 0 bridgehead atoms. The van der Waals surface area contributed by atoms with Gasteiger partial charge in [0.1, 0.15) is 35.5 Å². The molecule has 1 N–H and O–H groups in total. The van der Waals surface area contributed by atoms with Gasteiger partial charge in [-0.05, 0) is 60.5 Å². The minimum Gasteiger partial charge on any atom is -0.486 e. The smallest absolute Gasteiger partial charge is 0.287 e. The van der Waals surface area contributed by atoms with E-state index in [1.165, 1.54) is 36.4 Å². The van der Waals surface area contributed by atoms with Crippen molar-refractivity contribution < 1.29 is 32.2 Å². The van der Waals surface area contributed by atoms with Gasteiger partial charge in [-0.25, -0.2) is 8.78 Å². The highest BCUT2D eigenvalue weighted by atomic mass is 19.1. The molecule has 0 saturated heterocycles. The van der Waals surface area contributed by atoms with Crippen molar-refractivity contribution in [2.45, 2.75) is 19.6 Å². The van der Waals surface area contributed by atoms with Crippen LogP contribution in [0.4, 0.5) is 8.78 Å². The zero-order chi connectivity index (χ0) is 20.9. The van der Waals surface area contributed by atoms with Gasteiger partial charge in [0.15, 0.2) is 12.6 Å². The van der Waals surface area contributed by atoms with Gasteiger partial charge in [-0.15, -0.1) is 0 Å². The van der Waals surface area contributed by atoms with E-state index in [1.807, 2.05) is 0 Å². The highest BCUT2D eigenvalue weighted by molar-refractivity contribution is 5.91. The van der Waals surface area contributed by atoms with E-state index in [-0.39, 0.29) is 37.3 Å². The molecule has 0 radical (unpaired) electrons. The Kier molecular flexibility index (Phi) is 5.94. The SMILES string of the molecule is O=C(NCCc1cc(F)cc2c1OCOC2)c1ccc(COc2ccc(F)cc2)o1. The Bertz CT molecular complexity index is 1030. The Morgan fingerprint density at radius 1 is 1.07 bits per heavy atom. The standard InChI is InChI=1S/C22H19F2NO5/c23-16-1-3-18(4-2-16)28-12-19-5-6-20(30-19)22(26)25-8-7-14-9-17(24)10-15-11-27-13-29-21(14)15/h1-6,9-10H,7-8,11-13H2,(H,25,26). The van der Waals surface area contributed by atoms with Gasteiger partial charge in [0, 0.05) is 12.1 Å². The van der Waals surface area contributed by atoms with Gasteiger partial charge in [-0.2, -0.15) is 0 Å². The van der Waals surface area contributed by atoms with E-state index in [4.69, 9.17) is 18.6 Å². The second kappa shape index (κ2) is 8.96. The first-order valence-electron chi connectivity index (χ1n) is 9.35. The molecule has 0 aliphatic carbocycles. The van der Waals surface area contributed by atoms with E-state index < -0.39 is 5.91 Å². The second-order valence-electron chi connectivity index (χ2n) is 6.68. The molecule has 4 rings (SSSR count). The van der Waals surface area contributed by atoms with Gasteiger partial charge >= 0.3 is 0 Å². The Labute approximate surface area is 171 Å². The molecule has 1 aromatic heterocycles. The van der Waals surface area contributed by atoms with Crippen LogP contribution in [0.5, 0.6) is 11.5 Å². The van der Waals surface area contributed by atoms with Gasteiger partial charge < -0.3 is 23.9 Å². The Morgan fingerprint density at radius 2 is 1.90 bits per heavy atom. The lowest BCUT2D eigenvalue weighted by molar-refractivity contribution is -0.0172. The molecule has 1 amide bonds. The molecule has 0 fully saturated rings. The van der Waals surface area contributed by atoms with Gasteiger partial charge in [-0.1, -0.05) is 0 Å². The summed E-state index contributed by atoms with van der Waals surface area (Å²) in [6.45, 7) is 0.795. The van der Waals surface area contributed by atoms with Crippen molar-refractivity contribution in [3.8, 4) is 11.5 Å². The maximum absolute atomic E-state index is 13.8. The van der Waals surface area contributed by atoms with Crippen LogP contribution in [-0.4, -0.2) is 19.2 Å². The number of benzene rings is 2. The summed E-state index contributed by atoms with van der Waals surface area (Å²) in [5, 5.41) is 2.74. The number of hydrogen-bond acceptors (Lipinski definition) is 5. The molecular formula is C22H19F2NO5. The fraction of sp³-hybridized carbons (Fsp3) is 0.227. The average molecular weight is 415 g/mol. The van der Waals surface area contributed by atoms with Gasteiger partial charge in [0.05, 0.1) is 6.61 Å². The maximum Gasteiger partial charge on any atom is 0.287 e. The molecule has 1 aliphatic rings. The molecule has 6 nitrogen and oxygen atoms in total. The number of nitrogens with one attached hydrogen (secondary N) is 1. The predicted octanol–water partition coefficient (Wildman–Crippen LogP) is 3.98. The lowest BCUT2D eigenvalue weighted by atomic mass is 10.1. The lowest BCUT2D eigenvalue weighted by Gasteiger charge is -2.20. The summed E-state index contributed by atoms with van der Waals surface area (Å²) in [7, 11) is 0. The van der Waals surface area contributed by atoms with Crippen LogP contribution in [0.2, 0.25) is 0 Å². The number of furan rings is 1. The molecule has 2 aromatic carbocycles. The predicted molar refractivity (Wildman–Crippen MR) is 102 cm³/mol. The molecule has 2 heterocycles. The van der Waals surface area contributed by atoms with Gasteiger partial charge in [0.25, 0.3) is 5.91 Å². The topological polar surface area (TPSA) is 69.9 Å². The van der Waals surface area contributed by atoms with Crippen LogP contribution in [0.3, 0.4) is 0 Å². The molecule has 0 atom stereocenters. The number of carbonyl (C=O) groups is 1. The summed E-state index contributed by atoms with van der Waals surface area (Å²) in [6.07, 6.45) is 0.396. The van der Waals surface area contributed by atoms with Crippen molar-refractivity contribution in [1.82, 2.24) is 5.32 Å². The van der Waals surface area contributed by atoms with E-state index in [1.54, 1.807) is 12.1 Å². The van der Waals surface area contributed by atoms with E-state index in [9.17, 15) is 13.6 Å². The van der Waals surface area contributed by atoms with Crippen molar-refractivity contribution in [3.05, 3.63) is 82.8 Å². The third-order valence-corrected chi connectivity index (χ3v) is 4.51. The largest absolute Gasteiger partial charge is 0.486 e. The molecule has 156 valence electrons. The fourth-order valence-corrected chi connectivity index (χ4v) is 3.10. The lowest BCUT2D eigenvalue weighted by Crippen LogP contribution is -2.25. The van der Waals surface area contributed by atoms with Crippen LogP contribution in [-0.2, 0) is 24.4 Å². The van der Waals surface area contributed by atoms with Gasteiger partial charge in [-0.3, -0.25) is 4.79 Å². The summed E-state index contributed by atoms with van der Waals surface area (Å²) in [6, 6.07) is 11.6. The summed E-state index contributed by atoms with van der Waals surface area (Å²) in [5.74, 6) is 0.576. The van der Waals surface area contributed by atoms with Crippen molar-refractivity contribution >= 4 is 5.91 Å². The fourth-order valence-electron chi connectivity index (χ4n) is 3.10. The van der Waals surface area contributed by atoms with Crippen molar-refractivity contribution in [2.24, 2.45) is 0 Å². The molecule has 0 spiro atoms. The number of carbonyl (C=O) groups excluding carboxylic acids is 1. The molecule has 0 saturated carbocycles. The monoisotopic (exact) mass is 415 g/mol. The highest BCUT2D eigenvalue weighted by Gasteiger charge is 2.17. The van der Waals surface area contributed by atoms with Crippen LogP contribution in [0.1, 0.15) is 27.4 Å². The summed E-state index contributed by atoms with van der Waals surface area (Å²) in [5.41, 5.74) is 1.32. The average Bonchev–Trinajstić information content (AvgIpc) is 3.22. The first kappa shape index (κ1) is 19.9. The molecule has 30 heavy (non-hydrogen) atoms. The quantitative estimate of drug-likeness (QED) is 0.632. The second-order valence-corrected chi connectivity index (χ2v) is 6.68. The van der Waals surface area contributed by atoms with Crippen LogP contribution < -0.4 is 14.8 Å². The highest BCUT2D eigenvalue weighted by Crippen LogP contribution is 2.29. The molecular weight excluding hydrogens is 396 g/mol. The molecule has 8 heteroatoms. The first-order chi connectivity index (χ1) is 14.6. The maximum atomic E-state index is 13.8. The van der Waals surface area contributed by atoms with Crippen LogP contribution in [0.25, 0.3) is 0 Å². The third kappa shape index (κ3) is 4.77.